The second-order valence-electron chi connectivity index (χ2n) is 10.0. The third kappa shape index (κ3) is 6.59. The number of hydrogen-bond donors (Lipinski definition) is 1. The Morgan fingerprint density at radius 3 is 2.61 bits per heavy atom. The number of halogens is 4. The molecular weight excluding hydrogens is 604 g/mol. The molecule has 230 valence electrons. The van der Waals surface area contributed by atoms with Gasteiger partial charge in [0.15, 0.2) is 27.2 Å². The van der Waals surface area contributed by atoms with Gasteiger partial charge in [0.25, 0.3) is 0 Å². The highest BCUT2D eigenvalue weighted by Crippen LogP contribution is 2.36. The van der Waals surface area contributed by atoms with E-state index < -0.39 is 46.2 Å². The molecule has 1 aliphatic rings. The van der Waals surface area contributed by atoms with Crippen molar-refractivity contribution in [1.29, 1.82) is 0 Å². The van der Waals surface area contributed by atoms with Crippen LogP contribution in [0.5, 0.6) is 17.4 Å². The van der Waals surface area contributed by atoms with E-state index in [1.165, 1.54) is 53.5 Å². The van der Waals surface area contributed by atoms with Crippen LogP contribution in [0.1, 0.15) is 39.0 Å². The molecule has 4 aromatic rings. The summed E-state index contributed by atoms with van der Waals surface area (Å²) < 4.78 is 89.0. The van der Waals surface area contributed by atoms with Crippen LogP contribution in [0.3, 0.4) is 0 Å². The first-order chi connectivity index (χ1) is 21.0. The summed E-state index contributed by atoms with van der Waals surface area (Å²) in [6.45, 7) is -2.31. The minimum absolute atomic E-state index is 0.00269. The van der Waals surface area contributed by atoms with Gasteiger partial charge < -0.3 is 15.2 Å². The fourth-order valence-electron chi connectivity index (χ4n) is 4.81. The number of nitrogen functional groups attached to an aromatic ring is 1. The van der Waals surface area contributed by atoms with Gasteiger partial charge in [0.2, 0.25) is 5.88 Å². The van der Waals surface area contributed by atoms with Crippen LogP contribution in [-0.4, -0.2) is 48.0 Å². The van der Waals surface area contributed by atoms with E-state index in [0.29, 0.717) is 22.4 Å². The van der Waals surface area contributed by atoms with Crippen molar-refractivity contribution in [3.05, 3.63) is 94.1 Å². The van der Waals surface area contributed by atoms with Crippen LogP contribution in [0.2, 0.25) is 0 Å². The molecular formula is C30H26F4N4O5S. The first-order valence-corrected chi connectivity index (χ1v) is 15.1. The van der Waals surface area contributed by atoms with Crippen molar-refractivity contribution in [2.45, 2.75) is 32.1 Å². The Morgan fingerprint density at radius 1 is 1.14 bits per heavy atom. The molecule has 44 heavy (non-hydrogen) atoms. The average molecular weight is 631 g/mol. The predicted molar refractivity (Wildman–Crippen MR) is 154 cm³/mol. The van der Waals surface area contributed by atoms with Crippen molar-refractivity contribution < 1.29 is 40.2 Å². The first kappa shape index (κ1) is 30.7. The number of benzene rings is 2. The highest BCUT2D eigenvalue weighted by Gasteiger charge is 2.27. The number of hydrogen-bond acceptors (Lipinski definition) is 8. The number of nitrogens with zero attached hydrogens (tertiary/aromatic N) is 3. The summed E-state index contributed by atoms with van der Waals surface area (Å²) in [4.78, 5) is 17.7. The number of aromatic nitrogens is 3. The molecule has 1 aliphatic carbocycles. The van der Waals surface area contributed by atoms with Gasteiger partial charge in [-0.1, -0.05) is 18.2 Å². The Labute approximate surface area is 249 Å². The zero-order valence-electron chi connectivity index (χ0n) is 23.3. The van der Waals surface area contributed by atoms with Crippen LogP contribution in [0, 0.1) is 12.7 Å². The summed E-state index contributed by atoms with van der Waals surface area (Å²) in [5.41, 5.74) is 8.66. The van der Waals surface area contributed by atoms with Crippen molar-refractivity contribution >= 4 is 27.5 Å². The molecule has 0 saturated heterocycles. The fourth-order valence-corrected chi connectivity index (χ4v) is 6.20. The van der Waals surface area contributed by atoms with Gasteiger partial charge in [-0.05, 0) is 54.3 Å². The van der Waals surface area contributed by atoms with Gasteiger partial charge in [-0.2, -0.15) is 13.9 Å². The van der Waals surface area contributed by atoms with Gasteiger partial charge in [0, 0.05) is 23.6 Å². The number of fused-ring (bicyclic) bond motifs is 1. The Balaban J connectivity index is 1.38. The van der Waals surface area contributed by atoms with Crippen LogP contribution < -0.4 is 15.2 Å². The predicted octanol–water partition coefficient (Wildman–Crippen LogP) is 5.79. The van der Waals surface area contributed by atoms with Crippen LogP contribution in [0.15, 0.2) is 60.4 Å². The van der Waals surface area contributed by atoms with Crippen molar-refractivity contribution in [2.24, 2.45) is 0 Å². The lowest BCUT2D eigenvalue weighted by molar-refractivity contribution is -0.0503. The Kier molecular flexibility index (Phi) is 8.72. The lowest BCUT2D eigenvalue weighted by Gasteiger charge is -2.13. The standard InChI is InChI=1S/C30H26F4N4O5S/c1-17-9-27(42-25-6-3-2-5-23(25)32)36-15-24(17)38-29(35)22(14-37-38)28(39)20-10-18-12-21(16-44(40,41)8-4-7-31)26(43-30(33)34)13-19(18)11-20/h2-3,5-6,9,11-15,30H,4,7-8,10,16,35H2,1H3. The van der Waals surface area contributed by atoms with E-state index >= 15 is 0 Å². The lowest BCUT2D eigenvalue weighted by atomic mass is 10.0. The monoisotopic (exact) mass is 630 g/mol. The Morgan fingerprint density at radius 2 is 1.91 bits per heavy atom. The summed E-state index contributed by atoms with van der Waals surface area (Å²) in [5.74, 6) is -2.28. The molecule has 0 atom stereocenters. The molecule has 14 heteroatoms. The number of allylic oxidation sites excluding steroid dienone is 1. The van der Waals surface area contributed by atoms with E-state index in [1.807, 2.05) is 0 Å². The number of carbonyl (C=O) groups is 1. The number of carbonyl (C=O) groups excluding carboxylic acids is 1. The SMILES string of the molecule is Cc1cc(Oc2ccccc2F)ncc1-n1ncc(C(=O)C2=Cc3cc(OC(F)F)c(CS(=O)(=O)CCCF)cc3C2)c1N. The molecule has 2 heterocycles. The average Bonchev–Trinajstić information content (AvgIpc) is 3.55. The second kappa shape index (κ2) is 12.5. The van der Waals surface area contributed by atoms with Crippen molar-refractivity contribution in [1.82, 2.24) is 14.8 Å². The minimum atomic E-state index is -3.80. The number of pyridine rings is 1. The molecule has 0 amide bonds. The summed E-state index contributed by atoms with van der Waals surface area (Å²) in [7, 11) is -3.80. The summed E-state index contributed by atoms with van der Waals surface area (Å²) in [5, 5.41) is 4.25. The largest absolute Gasteiger partial charge is 0.436 e. The number of anilines is 1. The normalized spacial score (nSPS) is 12.7. The maximum Gasteiger partial charge on any atom is 0.387 e. The van der Waals surface area contributed by atoms with E-state index in [-0.39, 0.29) is 52.7 Å². The maximum atomic E-state index is 14.0. The quantitative estimate of drug-likeness (QED) is 0.154. The van der Waals surface area contributed by atoms with Crippen LogP contribution in [0.4, 0.5) is 23.4 Å². The number of nitrogens with two attached hydrogens (primary N) is 1. The van der Waals surface area contributed by atoms with Crippen LogP contribution in [0.25, 0.3) is 11.8 Å². The number of ether oxygens (including phenoxy) is 2. The van der Waals surface area contributed by atoms with E-state index in [1.54, 1.807) is 19.1 Å². The van der Waals surface area contributed by atoms with E-state index in [2.05, 4.69) is 14.8 Å². The summed E-state index contributed by atoms with van der Waals surface area (Å²) in [6, 6.07) is 10.1. The molecule has 0 unspecified atom stereocenters. The molecule has 5 rings (SSSR count). The summed E-state index contributed by atoms with van der Waals surface area (Å²) in [6.07, 6.45) is 4.07. The number of alkyl halides is 3. The third-order valence-electron chi connectivity index (χ3n) is 6.89. The van der Waals surface area contributed by atoms with E-state index in [4.69, 9.17) is 10.5 Å². The second-order valence-corrected chi connectivity index (χ2v) is 12.2. The third-order valence-corrected chi connectivity index (χ3v) is 8.56. The Bertz CT molecular complexity index is 1880. The number of sulfone groups is 1. The van der Waals surface area contributed by atoms with Crippen molar-refractivity contribution in [3.8, 4) is 23.1 Å². The van der Waals surface area contributed by atoms with Gasteiger partial charge in [-0.3, -0.25) is 9.18 Å². The van der Waals surface area contributed by atoms with Gasteiger partial charge in [-0.15, -0.1) is 0 Å². The van der Waals surface area contributed by atoms with Gasteiger partial charge >= 0.3 is 6.61 Å². The molecule has 0 saturated carbocycles. The minimum Gasteiger partial charge on any atom is -0.436 e. The highest BCUT2D eigenvalue weighted by atomic mass is 32.2. The fraction of sp³-hybridized carbons (Fsp3) is 0.233. The number of para-hydroxylation sites is 1. The van der Waals surface area contributed by atoms with Gasteiger partial charge in [0.1, 0.15) is 11.6 Å². The molecule has 0 aliphatic heterocycles. The first-order valence-electron chi connectivity index (χ1n) is 13.3. The topological polar surface area (TPSA) is 126 Å². The molecule has 0 radical (unpaired) electrons. The summed E-state index contributed by atoms with van der Waals surface area (Å²) >= 11 is 0. The van der Waals surface area contributed by atoms with Gasteiger partial charge in [-0.25, -0.2) is 22.5 Å². The molecule has 2 N–H and O–H groups in total. The maximum absolute atomic E-state index is 14.0. The highest BCUT2D eigenvalue weighted by molar-refractivity contribution is 7.90. The number of rotatable bonds is 12. The molecule has 2 aromatic carbocycles. The molecule has 0 bridgehead atoms. The van der Waals surface area contributed by atoms with Crippen LogP contribution in [-0.2, 0) is 22.0 Å². The lowest BCUT2D eigenvalue weighted by Crippen LogP contribution is -2.13. The van der Waals surface area contributed by atoms with Crippen LogP contribution >= 0.6 is 0 Å². The zero-order valence-corrected chi connectivity index (χ0v) is 24.1. The van der Waals surface area contributed by atoms with E-state index in [0.717, 1.165) is 0 Å². The van der Waals surface area contributed by atoms with Crippen molar-refractivity contribution in [3.63, 3.8) is 0 Å². The molecule has 9 nitrogen and oxygen atoms in total. The van der Waals surface area contributed by atoms with E-state index in [9.17, 15) is 30.8 Å². The number of Topliss-reactive ketones (excluding diaryl/α,β-unsaturated/α-hetero) is 1. The number of ketones is 1. The Hall–Kier alpha value is -4.72. The smallest absolute Gasteiger partial charge is 0.387 e. The van der Waals surface area contributed by atoms with Gasteiger partial charge in [0.05, 0.1) is 41.8 Å². The molecule has 0 spiro atoms. The zero-order chi connectivity index (χ0) is 31.6. The molecule has 2 aromatic heterocycles. The molecule has 0 fully saturated rings. The number of aryl methyl sites for hydroxylation is 1. The van der Waals surface area contributed by atoms with Crippen molar-refractivity contribution in [2.75, 3.05) is 18.2 Å².